The van der Waals surface area contributed by atoms with E-state index in [4.69, 9.17) is 14.5 Å². The molecule has 0 radical (unpaired) electrons. The van der Waals surface area contributed by atoms with Crippen LogP contribution in [0.5, 0.6) is 5.75 Å². The van der Waals surface area contributed by atoms with E-state index >= 15 is 0 Å². The third-order valence-electron chi connectivity index (χ3n) is 7.51. The molecule has 41 heavy (non-hydrogen) atoms. The summed E-state index contributed by atoms with van der Waals surface area (Å²) in [6, 6.07) is 10.7. The SMILES string of the molecule is COC(=O)c1nc(NCCC2CC(C)C2)c2c(n1)nc(-c1cc(C)ccc1OC)n2Cc1ccc(C(F)(F)F)cc1. The van der Waals surface area contributed by atoms with Crippen molar-refractivity contribution in [2.45, 2.75) is 45.8 Å². The smallest absolute Gasteiger partial charge is 0.416 e. The van der Waals surface area contributed by atoms with Crippen LogP contribution in [0.25, 0.3) is 22.6 Å². The van der Waals surface area contributed by atoms with E-state index in [-0.39, 0.29) is 18.0 Å². The normalized spacial score (nSPS) is 16.9. The predicted molar refractivity (Wildman–Crippen MR) is 149 cm³/mol. The summed E-state index contributed by atoms with van der Waals surface area (Å²) in [7, 11) is 2.81. The minimum absolute atomic E-state index is 0.137. The Morgan fingerprint density at radius 2 is 1.80 bits per heavy atom. The number of hydrogen-bond acceptors (Lipinski definition) is 7. The van der Waals surface area contributed by atoms with Crippen LogP contribution in [0.2, 0.25) is 0 Å². The molecule has 216 valence electrons. The molecule has 0 bridgehead atoms. The molecule has 1 aliphatic rings. The van der Waals surface area contributed by atoms with Crippen molar-refractivity contribution in [2.24, 2.45) is 11.8 Å². The van der Waals surface area contributed by atoms with Gasteiger partial charge < -0.3 is 19.4 Å². The molecule has 1 aliphatic carbocycles. The molecule has 5 rings (SSSR count). The predicted octanol–water partition coefficient (Wildman–Crippen LogP) is 6.51. The number of anilines is 1. The Bertz CT molecular complexity index is 1560. The molecular weight excluding hydrogens is 535 g/mol. The van der Waals surface area contributed by atoms with Crippen LogP contribution >= 0.6 is 0 Å². The molecule has 2 aromatic heterocycles. The van der Waals surface area contributed by atoms with Gasteiger partial charge in [-0.1, -0.05) is 30.7 Å². The zero-order valence-corrected chi connectivity index (χ0v) is 23.4. The number of methoxy groups -OCH3 is 2. The maximum Gasteiger partial charge on any atom is 0.416 e. The van der Waals surface area contributed by atoms with E-state index in [2.05, 4.69) is 22.2 Å². The Labute approximate surface area is 235 Å². The Morgan fingerprint density at radius 3 is 2.44 bits per heavy atom. The lowest BCUT2D eigenvalue weighted by atomic mass is 9.74. The van der Waals surface area contributed by atoms with Crippen LogP contribution in [0.1, 0.15) is 53.5 Å². The van der Waals surface area contributed by atoms with Crippen molar-refractivity contribution in [1.82, 2.24) is 19.5 Å². The zero-order chi connectivity index (χ0) is 29.3. The first-order valence-electron chi connectivity index (χ1n) is 13.5. The fourth-order valence-electron chi connectivity index (χ4n) is 5.38. The lowest BCUT2D eigenvalue weighted by Gasteiger charge is -2.32. The average Bonchev–Trinajstić information content (AvgIpc) is 3.29. The third kappa shape index (κ3) is 5.98. The standard InChI is InChI=1S/C30H32F3N5O3/c1-17-5-10-23(40-3)22(15-17)28-37-26-24(38(28)16-19-6-8-21(9-7-19)30(31,32)33)25(35-27(36-26)29(39)41-4)34-12-11-20-13-18(2)14-20/h5-10,15,18,20H,11-14,16H2,1-4H3,(H,34,35,36). The minimum Gasteiger partial charge on any atom is -0.496 e. The van der Waals surface area contributed by atoms with E-state index in [1.807, 2.05) is 29.7 Å². The molecule has 4 aromatic rings. The number of aryl methyl sites for hydroxylation is 1. The van der Waals surface area contributed by atoms with Crippen LogP contribution in [0.3, 0.4) is 0 Å². The highest BCUT2D eigenvalue weighted by Gasteiger charge is 2.30. The highest BCUT2D eigenvalue weighted by Crippen LogP contribution is 2.37. The lowest BCUT2D eigenvalue weighted by Crippen LogP contribution is -2.23. The van der Waals surface area contributed by atoms with Crippen molar-refractivity contribution in [1.29, 1.82) is 0 Å². The molecular formula is C30H32F3N5O3. The number of aromatic nitrogens is 4. The van der Waals surface area contributed by atoms with Crippen LogP contribution in [-0.2, 0) is 17.5 Å². The fourth-order valence-corrected chi connectivity index (χ4v) is 5.38. The van der Waals surface area contributed by atoms with E-state index < -0.39 is 17.7 Å². The van der Waals surface area contributed by atoms with Gasteiger partial charge in [0.2, 0.25) is 5.82 Å². The highest BCUT2D eigenvalue weighted by atomic mass is 19.4. The number of benzene rings is 2. The summed E-state index contributed by atoms with van der Waals surface area (Å²) in [4.78, 5) is 26.2. The molecule has 0 atom stereocenters. The number of esters is 1. The first-order chi connectivity index (χ1) is 19.6. The summed E-state index contributed by atoms with van der Waals surface area (Å²) < 4.78 is 52.1. The van der Waals surface area contributed by atoms with Gasteiger partial charge in [0.25, 0.3) is 0 Å². The summed E-state index contributed by atoms with van der Waals surface area (Å²) in [6.45, 7) is 4.98. The third-order valence-corrected chi connectivity index (χ3v) is 7.51. The van der Waals surface area contributed by atoms with E-state index in [0.717, 1.165) is 30.0 Å². The number of nitrogens with one attached hydrogen (secondary N) is 1. The first-order valence-corrected chi connectivity index (χ1v) is 13.5. The molecule has 11 heteroatoms. The summed E-state index contributed by atoms with van der Waals surface area (Å²) in [5, 5.41) is 3.38. The molecule has 8 nitrogen and oxygen atoms in total. The van der Waals surface area contributed by atoms with Crippen molar-refractivity contribution in [3.05, 3.63) is 65.0 Å². The molecule has 0 spiro atoms. The van der Waals surface area contributed by atoms with Crippen LogP contribution in [0.15, 0.2) is 42.5 Å². The van der Waals surface area contributed by atoms with Crippen molar-refractivity contribution in [3.63, 3.8) is 0 Å². The number of nitrogens with zero attached hydrogens (tertiary/aromatic N) is 4. The Balaban J connectivity index is 1.65. The molecule has 2 aromatic carbocycles. The molecule has 1 N–H and O–H groups in total. The van der Waals surface area contributed by atoms with Gasteiger partial charge in [-0.2, -0.15) is 13.2 Å². The molecule has 0 aliphatic heterocycles. The molecule has 0 unspecified atom stereocenters. The zero-order valence-electron chi connectivity index (χ0n) is 23.4. The maximum absolute atomic E-state index is 13.2. The van der Waals surface area contributed by atoms with Crippen LogP contribution in [0, 0.1) is 18.8 Å². The summed E-state index contributed by atoms with van der Waals surface area (Å²) in [5.41, 5.74) is 2.31. The highest BCUT2D eigenvalue weighted by molar-refractivity contribution is 5.93. The quantitative estimate of drug-likeness (QED) is 0.231. The Hall–Kier alpha value is -4.15. The summed E-state index contributed by atoms with van der Waals surface area (Å²) >= 11 is 0. The van der Waals surface area contributed by atoms with Crippen LogP contribution in [0.4, 0.5) is 19.0 Å². The number of carbonyl (C=O) groups is 1. The number of imidazole rings is 1. The number of fused-ring (bicyclic) bond motifs is 1. The number of carbonyl (C=O) groups excluding carboxylic acids is 1. The van der Waals surface area contributed by atoms with Gasteiger partial charge in [-0.3, -0.25) is 0 Å². The van der Waals surface area contributed by atoms with Crippen molar-refractivity contribution < 1.29 is 27.4 Å². The second kappa shape index (κ2) is 11.4. The first kappa shape index (κ1) is 28.4. The topological polar surface area (TPSA) is 91.2 Å². The second-order valence-corrected chi connectivity index (χ2v) is 10.6. The Kier molecular flexibility index (Phi) is 7.88. The van der Waals surface area contributed by atoms with Gasteiger partial charge in [0.1, 0.15) is 17.1 Å². The number of rotatable bonds is 9. The van der Waals surface area contributed by atoms with E-state index in [1.54, 1.807) is 7.11 Å². The van der Waals surface area contributed by atoms with Gasteiger partial charge in [-0.25, -0.2) is 19.7 Å². The number of hydrogen-bond donors (Lipinski definition) is 1. The lowest BCUT2D eigenvalue weighted by molar-refractivity contribution is -0.137. The van der Waals surface area contributed by atoms with Crippen molar-refractivity contribution in [2.75, 3.05) is 26.1 Å². The monoisotopic (exact) mass is 567 g/mol. The molecule has 1 saturated carbocycles. The van der Waals surface area contributed by atoms with Crippen molar-refractivity contribution in [3.8, 4) is 17.1 Å². The minimum atomic E-state index is -4.44. The van der Waals surface area contributed by atoms with Gasteiger partial charge >= 0.3 is 12.1 Å². The summed E-state index contributed by atoms with van der Waals surface area (Å²) in [6.07, 6.45) is -1.14. The van der Waals surface area contributed by atoms with Crippen molar-refractivity contribution >= 4 is 23.0 Å². The van der Waals surface area contributed by atoms with E-state index in [0.29, 0.717) is 46.5 Å². The van der Waals surface area contributed by atoms with Gasteiger partial charge in [-0.05, 0) is 67.9 Å². The molecule has 1 fully saturated rings. The number of alkyl halides is 3. The van der Waals surface area contributed by atoms with Crippen LogP contribution in [-0.4, -0.2) is 46.3 Å². The largest absolute Gasteiger partial charge is 0.496 e. The second-order valence-electron chi connectivity index (χ2n) is 10.6. The molecule has 2 heterocycles. The van der Waals surface area contributed by atoms with Crippen LogP contribution < -0.4 is 10.1 Å². The van der Waals surface area contributed by atoms with Gasteiger partial charge in [-0.15, -0.1) is 0 Å². The maximum atomic E-state index is 13.2. The van der Waals surface area contributed by atoms with Gasteiger partial charge in [0.05, 0.1) is 25.3 Å². The number of halogens is 3. The molecule has 0 saturated heterocycles. The fraction of sp³-hybridized carbons (Fsp3) is 0.400. The summed E-state index contributed by atoms with van der Waals surface area (Å²) in [5.74, 6) is 1.96. The Morgan fingerprint density at radius 1 is 1.07 bits per heavy atom. The average molecular weight is 568 g/mol. The van der Waals surface area contributed by atoms with Gasteiger partial charge in [0.15, 0.2) is 11.5 Å². The molecule has 0 amide bonds. The van der Waals surface area contributed by atoms with E-state index in [1.165, 1.54) is 32.1 Å². The van der Waals surface area contributed by atoms with Gasteiger partial charge in [0, 0.05) is 13.1 Å². The van der Waals surface area contributed by atoms with E-state index in [9.17, 15) is 18.0 Å². The number of ether oxygens (including phenoxy) is 2.